The molecule has 0 heterocycles. The highest BCUT2D eigenvalue weighted by Gasteiger charge is 2.15. The zero-order valence-electron chi connectivity index (χ0n) is 17.0. The molecule has 9 nitrogen and oxygen atoms in total. The lowest BCUT2D eigenvalue weighted by molar-refractivity contribution is -0.130. The van der Waals surface area contributed by atoms with Crippen LogP contribution in [0.5, 0.6) is 5.75 Å². The molecular formula is C20H25N3O6S. The third-order valence-electron chi connectivity index (χ3n) is 3.97. The van der Waals surface area contributed by atoms with E-state index in [1.54, 1.807) is 38.4 Å². The van der Waals surface area contributed by atoms with Gasteiger partial charge in [0.25, 0.3) is 11.8 Å². The van der Waals surface area contributed by atoms with Gasteiger partial charge in [0.05, 0.1) is 11.0 Å². The summed E-state index contributed by atoms with van der Waals surface area (Å²) in [7, 11) is -0.487. The molecule has 0 saturated heterocycles. The maximum atomic E-state index is 12.4. The molecule has 0 aliphatic heterocycles. The number of ether oxygens (including phenoxy) is 1. The summed E-state index contributed by atoms with van der Waals surface area (Å²) in [6.07, 6.45) is -0.810. The van der Waals surface area contributed by atoms with Crippen molar-refractivity contribution < 1.29 is 27.9 Å². The number of aliphatic hydroxyl groups is 1. The van der Waals surface area contributed by atoms with Crippen molar-refractivity contribution in [3.05, 3.63) is 54.1 Å². The molecular weight excluding hydrogens is 410 g/mol. The molecule has 0 aliphatic carbocycles. The largest absolute Gasteiger partial charge is 0.484 e. The Balaban J connectivity index is 1.97. The SMILES string of the molecule is CC(O)CNS(=O)(=O)c1ccc(C(=O)Nc2ccc(OCC(=O)N(C)C)cc2)cc1. The van der Waals surface area contributed by atoms with E-state index >= 15 is 0 Å². The van der Waals surface area contributed by atoms with Gasteiger partial charge in [-0.05, 0) is 55.5 Å². The summed E-state index contributed by atoms with van der Waals surface area (Å²) < 4.78 is 31.9. The van der Waals surface area contributed by atoms with Crippen molar-refractivity contribution in [2.75, 3.05) is 32.6 Å². The number of nitrogens with one attached hydrogen (secondary N) is 2. The van der Waals surface area contributed by atoms with Crippen LogP contribution in [0.3, 0.4) is 0 Å². The van der Waals surface area contributed by atoms with Gasteiger partial charge in [0, 0.05) is 31.9 Å². The minimum absolute atomic E-state index is 0.00604. The van der Waals surface area contributed by atoms with Gasteiger partial charge < -0.3 is 20.1 Å². The third kappa shape index (κ3) is 6.83. The lowest BCUT2D eigenvalue weighted by Gasteiger charge is -2.12. The van der Waals surface area contributed by atoms with Crippen molar-refractivity contribution in [2.24, 2.45) is 0 Å². The fourth-order valence-electron chi connectivity index (χ4n) is 2.21. The maximum absolute atomic E-state index is 12.4. The summed E-state index contributed by atoms with van der Waals surface area (Å²) in [6, 6.07) is 12.0. The molecule has 3 N–H and O–H groups in total. The van der Waals surface area contributed by atoms with Gasteiger partial charge in [0.2, 0.25) is 10.0 Å². The summed E-state index contributed by atoms with van der Waals surface area (Å²) in [5.74, 6) is -0.0892. The van der Waals surface area contributed by atoms with Gasteiger partial charge >= 0.3 is 0 Å². The topological polar surface area (TPSA) is 125 Å². The number of aliphatic hydroxyl groups excluding tert-OH is 1. The van der Waals surface area contributed by atoms with Crippen molar-refractivity contribution in [1.82, 2.24) is 9.62 Å². The van der Waals surface area contributed by atoms with Crippen LogP contribution in [0, 0.1) is 0 Å². The van der Waals surface area contributed by atoms with Crippen LogP contribution < -0.4 is 14.8 Å². The number of hydrogen-bond donors (Lipinski definition) is 3. The predicted molar refractivity (Wildman–Crippen MR) is 112 cm³/mol. The van der Waals surface area contributed by atoms with Gasteiger partial charge in [-0.25, -0.2) is 13.1 Å². The van der Waals surface area contributed by atoms with E-state index in [1.165, 1.54) is 36.1 Å². The smallest absolute Gasteiger partial charge is 0.259 e. The first-order chi connectivity index (χ1) is 14.1. The minimum atomic E-state index is -3.76. The molecule has 2 amide bonds. The van der Waals surface area contributed by atoms with Crippen LogP contribution in [0.4, 0.5) is 5.69 Å². The Labute approximate surface area is 175 Å². The van der Waals surface area contributed by atoms with E-state index in [1.807, 2.05) is 0 Å². The number of amides is 2. The predicted octanol–water partition coefficient (Wildman–Crippen LogP) is 1.06. The van der Waals surface area contributed by atoms with Crippen molar-refractivity contribution in [3.63, 3.8) is 0 Å². The Morgan fingerprint density at radius 3 is 2.20 bits per heavy atom. The average Bonchev–Trinajstić information content (AvgIpc) is 2.71. The summed E-state index contributed by atoms with van der Waals surface area (Å²) in [4.78, 5) is 25.3. The van der Waals surface area contributed by atoms with Gasteiger partial charge in [0.1, 0.15) is 5.75 Å². The van der Waals surface area contributed by atoms with Gasteiger partial charge in [-0.15, -0.1) is 0 Å². The molecule has 10 heteroatoms. The van der Waals surface area contributed by atoms with E-state index in [9.17, 15) is 23.1 Å². The summed E-state index contributed by atoms with van der Waals surface area (Å²) in [5.41, 5.74) is 0.794. The van der Waals surface area contributed by atoms with Crippen molar-refractivity contribution in [1.29, 1.82) is 0 Å². The van der Waals surface area contributed by atoms with Crippen LogP contribution in [-0.2, 0) is 14.8 Å². The van der Waals surface area contributed by atoms with E-state index < -0.39 is 22.0 Å². The molecule has 162 valence electrons. The van der Waals surface area contributed by atoms with E-state index in [2.05, 4.69) is 10.0 Å². The number of carbonyl (C=O) groups is 2. The highest BCUT2D eigenvalue weighted by Crippen LogP contribution is 2.17. The standard InChI is InChI=1S/C20H25N3O6S/c1-14(24)12-21-30(27,28)18-10-4-15(5-11-18)20(26)22-16-6-8-17(9-7-16)29-13-19(25)23(2)3/h4-11,14,21,24H,12-13H2,1-3H3,(H,22,26). The average molecular weight is 436 g/mol. The van der Waals surface area contributed by atoms with E-state index in [-0.39, 0.29) is 29.5 Å². The quantitative estimate of drug-likeness (QED) is 0.541. The highest BCUT2D eigenvalue weighted by molar-refractivity contribution is 7.89. The molecule has 0 bridgehead atoms. The van der Waals surface area contributed by atoms with Gasteiger partial charge in [-0.2, -0.15) is 0 Å². The Bertz CT molecular complexity index is 971. The molecule has 2 aromatic rings. The second kappa shape index (κ2) is 10.2. The van der Waals surface area contributed by atoms with E-state index in [0.717, 1.165) is 0 Å². The molecule has 1 unspecified atom stereocenters. The molecule has 0 aliphatic rings. The Hall–Kier alpha value is -2.95. The Kier molecular flexibility index (Phi) is 7.93. The monoisotopic (exact) mass is 435 g/mol. The number of sulfonamides is 1. The fourth-order valence-corrected chi connectivity index (χ4v) is 3.33. The summed E-state index contributed by atoms with van der Waals surface area (Å²) in [6.45, 7) is 1.28. The molecule has 2 aromatic carbocycles. The van der Waals surface area contributed by atoms with Crippen molar-refractivity contribution in [2.45, 2.75) is 17.9 Å². The Morgan fingerprint density at radius 2 is 1.67 bits per heavy atom. The first-order valence-corrected chi connectivity index (χ1v) is 10.6. The molecule has 2 rings (SSSR count). The normalized spacial score (nSPS) is 12.1. The number of hydrogen-bond acceptors (Lipinski definition) is 6. The molecule has 30 heavy (non-hydrogen) atoms. The number of likely N-dealkylation sites (N-methyl/N-ethyl adjacent to an activating group) is 1. The van der Waals surface area contributed by atoms with Gasteiger partial charge in [-0.1, -0.05) is 0 Å². The highest BCUT2D eigenvalue weighted by atomic mass is 32.2. The number of nitrogens with zero attached hydrogens (tertiary/aromatic N) is 1. The van der Waals surface area contributed by atoms with Crippen LogP contribution >= 0.6 is 0 Å². The molecule has 0 aromatic heterocycles. The lowest BCUT2D eigenvalue weighted by Crippen LogP contribution is -2.30. The van der Waals surface area contributed by atoms with Crippen LogP contribution in [0.1, 0.15) is 17.3 Å². The number of rotatable bonds is 9. The third-order valence-corrected chi connectivity index (χ3v) is 5.41. The first kappa shape index (κ1) is 23.3. The minimum Gasteiger partial charge on any atom is -0.484 e. The summed E-state index contributed by atoms with van der Waals surface area (Å²) >= 11 is 0. The second-order valence-corrected chi connectivity index (χ2v) is 8.55. The zero-order chi connectivity index (χ0) is 22.3. The number of anilines is 1. The zero-order valence-corrected chi connectivity index (χ0v) is 17.8. The number of carbonyl (C=O) groups excluding carboxylic acids is 2. The van der Waals surface area contributed by atoms with Crippen molar-refractivity contribution >= 4 is 27.5 Å². The molecule has 0 radical (unpaired) electrons. The van der Waals surface area contributed by atoms with E-state index in [0.29, 0.717) is 11.4 Å². The summed E-state index contributed by atoms with van der Waals surface area (Å²) in [5, 5.41) is 11.9. The van der Waals surface area contributed by atoms with Crippen molar-refractivity contribution in [3.8, 4) is 5.75 Å². The van der Waals surface area contributed by atoms with Crippen LogP contribution in [0.2, 0.25) is 0 Å². The molecule has 0 fully saturated rings. The first-order valence-electron chi connectivity index (χ1n) is 9.10. The second-order valence-electron chi connectivity index (χ2n) is 6.78. The number of benzene rings is 2. The fraction of sp³-hybridized carbons (Fsp3) is 0.300. The van der Waals surface area contributed by atoms with Crippen LogP contribution in [0.25, 0.3) is 0 Å². The van der Waals surface area contributed by atoms with Gasteiger partial charge in [-0.3, -0.25) is 9.59 Å². The molecule has 0 saturated carbocycles. The van der Waals surface area contributed by atoms with Crippen LogP contribution in [0.15, 0.2) is 53.4 Å². The van der Waals surface area contributed by atoms with E-state index in [4.69, 9.17) is 4.74 Å². The Morgan fingerprint density at radius 1 is 1.07 bits per heavy atom. The van der Waals surface area contributed by atoms with Gasteiger partial charge in [0.15, 0.2) is 6.61 Å². The molecule has 0 spiro atoms. The maximum Gasteiger partial charge on any atom is 0.259 e. The molecule has 1 atom stereocenters. The van der Waals surface area contributed by atoms with Crippen LogP contribution in [-0.4, -0.2) is 63.6 Å². The lowest BCUT2D eigenvalue weighted by atomic mass is 10.2.